The molecule has 0 spiro atoms. The lowest BCUT2D eigenvalue weighted by Gasteiger charge is -2.20. The molecule has 0 saturated carbocycles. The summed E-state index contributed by atoms with van der Waals surface area (Å²) in [6.07, 6.45) is 5.71. The van der Waals surface area contributed by atoms with Crippen LogP contribution in [0.4, 0.5) is 0 Å². The number of nitrogens with zero attached hydrogens (tertiary/aromatic N) is 4. The number of para-hydroxylation sites is 1. The van der Waals surface area contributed by atoms with Gasteiger partial charge in [-0.1, -0.05) is 24.3 Å². The second-order valence-electron chi connectivity index (χ2n) is 5.82. The lowest BCUT2D eigenvalue weighted by atomic mass is 10.2. The van der Waals surface area contributed by atoms with Crippen LogP contribution >= 0.6 is 0 Å². The van der Waals surface area contributed by atoms with Crippen LogP contribution in [0.5, 0.6) is 0 Å². The summed E-state index contributed by atoms with van der Waals surface area (Å²) >= 11 is 0. The summed E-state index contributed by atoms with van der Waals surface area (Å²) in [5.74, 6) is 0. The smallest absolute Gasteiger partial charge is 0.0645 e. The maximum Gasteiger partial charge on any atom is 0.0645 e. The highest BCUT2D eigenvalue weighted by Gasteiger charge is 2.12. The third-order valence-corrected chi connectivity index (χ3v) is 3.96. The van der Waals surface area contributed by atoms with Crippen molar-refractivity contribution in [2.24, 2.45) is 0 Å². The maximum atomic E-state index is 9.37. The predicted molar refractivity (Wildman–Crippen MR) is 93.7 cm³/mol. The molecular weight excluding hydrogens is 300 g/mol. The highest BCUT2D eigenvalue weighted by atomic mass is 16.3. The van der Waals surface area contributed by atoms with Crippen molar-refractivity contribution in [2.75, 3.05) is 13.2 Å². The van der Waals surface area contributed by atoms with Gasteiger partial charge in [0, 0.05) is 43.8 Å². The zero-order valence-electron chi connectivity index (χ0n) is 13.8. The monoisotopic (exact) mass is 322 g/mol. The van der Waals surface area contributed by atoms with Crippen molar-refractivity contribution in [1.82, 2.24) is 19.7 Å². The molecule has 0 saturated heterocycles. The first kappa shape index (κ1) is 16.4. The Morgan fingerprint density at radius 1 is 1.08 bits per heavy atom. The van der Waals surface area contributed by atoms with E-state index in [2.05, 4.69) is 27.2 Å². The second kappa shape index (κ2) is 7.86. The molecule has 0 bridgehead atoms. The van der Waals surface area contributed by atoms with E-state index in [-0.39, 0.29) is 6.61 Å². The van der Waals surface area contributed by atoms with Gasteiger partial charge in [0.05, 0.1) is 18.0 Å². The number of aliphatic hydroxyl groups excluding tert-OH is 1. The van der Waals surface area contributed by atoms with E-state index in [1.54, 1.807) is 6.20 Å². The van der Waals surface area contributed by atoms with E-state index in [9.17, 15) is 5.11 Å². The number of aromatic nitrogens is 3. The van der Waals surface area contributed by atoms with Crippen molar-refractivity contribution in [3.63, 3.8) is 0 Å². The molecule has 0 aliphatic rings. The van der Waals surface area contributed by atoms with E-state index in [0.29, 0.717) is 6.54 Å². The van der Waals surface area contributed by atoms with E-state index >= 15 is 0 Å². The number of hydrogen-bond donors (Lipinski definition) is 1. The Balaban J connectivity index is 1.76. The highest BCUT2D eigenvalue weighted by Crippen LogP contribution is 2.15. The fraction of sp³-hybridized carbons (Fsp3) is 0.263. The molecule has 3 rings (SSSR count). The van der Waals surface area contributed by atoms with Crippen molar-refractivity contribution in [3.05, 3.63) is 77.9 Å². The maximum absolute atomic E-state index is 9.37. The van der Waals surface area contributed by atoms with Gasteiger partial charge in [0.15, 0.2) is 0 Å². The minimum absolute atomic E-state index is 0.131. The zero-order valence-corrected chi connectivity index (χ0v) is 13.8. The molecule has 5 heteroatoms. The number of aryl methyl sites for hydroxylation is 1. The van der Waals surface area contributed by atoms with Gasteiger partial charge >= 0.3 is 0 Å². The van der Waals surface area contributed by atoms with Gasteiger partial charge < -0.3 is 5.11 Å². The topological polar surface area (TPSA) is 54.2 Å². The van der Waals surface area contributed by atoms with Crippen molar-refractivity contribution in [2.45, 2.75) is 20.0 Å². The van der Waals surface area contributed by atoms with E-state index in [1.165, 1.54) is 0 Å². The van der Waals surface area contributed by atoms with Crippen LogP contribution in [0.25, 0.3) is 5.69 Å². The first-order chi connectivity index (χ1) is 11.8. The van der Waals surface area contributed by atoms with Crippen LogP contribution in [-0.2, 0) is 13.1 Å². The summed E-state index contributed by atoms with van der Waals surface area (Å²) in [5, 5.41) is 14.0. The highest BCUT2D eigenvalue weighted by molar-refractivity contribution is 5.32. The van der Waals surface area contributed by atoms with Gasteiger partial charge in [0.25, 0.3) is 0 Å². The molecule has 0 fully saturated rings. The SMILES string of the molecule is Cc1nn(-c2ccccc2)cc1CN(CCO)Cc1cccnc1. The van der Waals surface area contributed by atoms with Crippen LogP contribution in [0.3, 0.4) is 0 Å². The summed E-state index contributed by atoms with van der Waals surface area (Å²) in [7, 11) is 0. The van der Waals surface area contributed by atoms with Gasteiger partial charge in [0.1, 0.15) is 0 Å². The molecule has 0 aliphatic heterocycles. The number of benzene rings is 1. The molecule has 24 heavy (non-hydrogen) atoms. The number of hydrogen-bond acceptors (Lipinski definition) is 4. The van der Waals surface area contributed by atoms with E-state index in [0.717, 1.165) is 35.6 Å². The number of rotatable bonds is 7. The normalized spacial score (nSPS) is 11.1. The lowest BCUT2D eigenvalue weighted by molar-refractivity contribution is 0.184. The molecule has 0 radical (unpaired) electrons. The van der Waals surface area contributed by atoms with Crippen LogP contribution in [0.2, 0.25) is 0 Å². The third-order valence-electron chi connectivity index (χ3n) is 3.96. The van der Waals surface area contributed by atoms with Crippen molar-refractivity contribution >= 4 is 0 Å². The molecule has 0 amide bonds. The van der Waals surface area contributed by atoms with E-state index < -0.39 is 0 Å². The predicted octanol–water partition coefficient (Wildman–Crippen LogP) is 2.57. The van der Waals surface area contributed by atoms with Crippen LogP contribution in [0, 0.1) is 6.92 Å². The Hall–Kier alpha value is -2.50. The average molecular weight is 322 g/mol. The first-order valence-electron chi connectivity index (χ1n) is 8.09. The van der Waals surface area contributed by atoms with Gasteiger partial charge in [-0.05, 0) is 30.7 Å². The summed E-state index contributed by atoms with van der Waals surface area (Å²) in [6.45, 7) is 4.27. The standard InChI is InChI=1S/C19H22N4O/c1-16-18(15-23(21-16)19-7-3-2-4-8-19)14-22(10-11-24)13-17-6-5-9-20-12-17/h2-9,12,15,24H,10-11,13-14H2,1H3. The molecule has 124 valence electrons. The van der Waals surface area contributed by atoms with Gasteiger partial charge in [-0.2, -0.15) is 5.10 Å². The molecular formula is C19H22N4O. The minimum atomic E-state index is 0.131. The summed E-state index contributed by atoms with van der Waals surface area (Å²) < 4.78 is 1.91. The van der Waals surface area contributed by atoms with Crippen molar-refractivity contribution in [1.29, 1.82) is 0 Å². The number of pyridine rings is 1. The van der Waals surface area contributed by atoms with Crippen LogP contribution in [0.15, 0.2) is 61.1 Å². The summed E-state index contributed by atoms with van der Waals surface area (Å²) in [5.41, 5.74) is 4.36. The molecule has 0 aliphatic carbocycles. The molecule has 5 nitrogen and oxygen atoms in total. The van der Waals surface area contributed by atoms with Gasteiger partial charge in [-0.3, -0.25) is 9.88 Å². The molecule has 1 aromatic carbocycles. The summed E-state index contributed by atoms with van der Waals surface area (Å²) in [4.78, 5) is 6.37. The summed E-state index contributed by atoms with van der Waals surface area (Å²) in [6, 6.07) is 14.1. The molecule has 2 heterocycles. The second-order valence-corrected chi connectivity index (χ2v) is 5.82. The van der Waals surface area contributed by atoms with Crippen molar-refractivity contribution < 1.29 is 5.11 Å². The Kier molecular flexibility index (Phi) is 5.36. The van der Waals surface area contributed by atoms with E-state index in [4.69, 9.17) is 0 Å². The molecule has 0 atom stereocenters. The molecule has 2 aromatic heterocycles. The van der Waals surface area contributed by atoms with E-state index in [1.807, 2.05) is 54.2 Å². The van der Waals surface area contributed by atoms with Crippen LogP contribution < -0.4 is 0 Å². The number of aliphatic hydroxyl groups is 1. The minimum Gasteiger partial charge on any atom is -0.395 e. The Labute approximate surface area is 142 Å². The fourth-order valence-electron chi connectivity index (χ4n) is 2.71. The van der Waals surface area contributed by atoms with Gasteiger partial charge in [-0.15, -0.1) is 0 Å². The first-order valence-corrected chi connectivity index (χ1v) is 8.09. The van der Waals surface area contributed by atoms with Crippen LogP contribution in [0.1, 0.15) is 16.8 Å². The molecule has 3 aromatic rings. The third kappa shape index (κ3) is 4.07. The fourth-order valence-corrected chi connectivity index (χ4v) is 2.71. The van der Waals surface area contributed by atoms with Gasteiger partial charge in [0.2, 0.25) is 0 Å². The van der Waals surface area contributed by atoms with Crippen LogP contribution in [-0.4, -0.2) is 37.9 Å². The lowest BCUT2D eigenvalue weighted by Crippen LogP contribution is -2.26. The zero-order chi connectivity index (χ0) is 16.8. The average Bonchev–Trinajstić information content (AvgIpc) is 2.98. The van der Waals surface area contributed by atoms with Gasteiger partial charge in [-0.25, -0.2) is 4.68 Å². The molecule has 1 N–H and O–H groups in total. The Morgan fingerprint density at radius 3 is 2.62 bits per heavy atom. The quantitative estimate of drug-likeness (QED) is 0.726. The Bertz CT molecular complexity index is 756. The largest absolute Gasteiger partial charge is 0.395 e. The van der Waals surface area contributed by atoms with Crippen molar-refractivity contribution in [3.8, 4) is 5.69 Å². The molecule has 0 unspecified atom stereocenters. The Morgan fingerprint density at radius 2 is 1.92 bits per heavy atom.